The number of piperazine rings is 1. The van der Waals surface area contributed by atoms with E-state index in [9.17, 15) is 0 Å². The molecule has 0 bridgehead atoms. The van der Waals surface area contributed by atoms with Gasteiger partial charge in [0.25, 0.3) is 0 Å². The minimum atomic E-state index is 0.290. The van der Waals surface area contributed by atoms with E-state index in [1.54, 1.807) is 0 Å². The molecule has 0 spiro atoms. The molecule has 3 aliphatic rings. The van der Waals surface area contributed by atoms with Crippen LogP contribution in [0, 0.1) is 0 Å². The molecule has 0 amide bonds. The summed E-state index contributed by atoms with van der Waals surface area (Å²) in [5, 5.41) is 3.82. The Morgan fingerprint density at radius 3 is 2.23 bits per heavy atom. The second-order valence-corrected chi connectivity index (χ2v) is 9.72. The van der Waals surface area contributed by atoms with Gasteiger partial charge in [0.2, 0.25) is 0 Å². The predicted octanol–water partition coefficient (Wildman–Crippen LogP) is 2.33. The fourth-order valence-electron chi connectivity index (χ4n) is 5.54. The Kier molecular flexibility index (Phi) is 7.86. The lowest BCUT2D eigenvalue weighted by Gasteiger charge is -2.50. The summed E-state index contributed by atoms with van der Waals surface area (Å²) >= 11 is 0. The van der Waals surface area contributed by atoms with Crippen molar-refractivity contribution in [1.29, 1.82) is 0 Å². The summed E-state index contributed by atoms with van der Waals surface area (Å²) < 4.78 is 0. The van der Waals surface area contributed by atoms with Crippen molar-refractivity contribution in [3.63, 3.8) is 0 Å². The maximum absolute atomic E-state index is 4.68. The molecule has 3 heterocycles. The first-order valence-corrected chi connectivity index (χ1v) is 12.3. The van der Waals surface area contributed by atoms with Crippen molar-refractivity contribution in [2.75, 3.05) is 73.0 Å². The summed E-state index contributed by atoms with van der Waals surface area (Å²) in [4.78, 5) is 15.0. The Hall–Kier alpha value is -1.63. The SMILES string of the molecule is CN=C(NCC1(N2CCCCC2)CCN(C)CC1)N1CCN(Cc2ccccc2)CC1. The van der Waals surface area contributed by atoms with Gasteiger partial charge in [-0.2, -0.15) is 0 Å². The Balaban J connectivity index is 1.32. The van der Waals surface area contributed by atoms with E-state index in [-0.39, 0.29) is 5.54 Å². The number of aliphatic imine (C=N–C) groups is 1. The first kappa shape index (κ1) is 22.6. The molecule has 6 heteroatoms. The largest absolute Gasteiger partial charge is 0.354 e. The van der Waals surface area contributed by atoms with E-state index in [0.29, 0.717) is 0 Å². The lowest BCUT2D eigenvalue weighted by Crippen LogP contribution is -2.63. The molecule has 0 atom stereocenters. The third-order valence-electron chi connectivity index (χ3n) is 7.65. The Bertz CT molecular complexity index is 683. The summed E-state index contributed by atoms with van der Waals surface area (Å²) in [5.74, 6) is 1.09. The lowest BCUT2D eigenvalue weighted by atomic mass is 9.84. The number of rotatable bonds is 5. The van der Waals surface area contributed by atoms with Gasteiger partial charge in [-0.15, -0.1) is 0 Å². The fourth-order valence-corrected chi connectivity index (χ4v) is 5.54. The van der Waals surface area contributed by atoms with E-state index in [0.717, 1.165) is 45.2 Å². The number of nitrogens with zero attached hydrogens (tertiary/aromatic N) is 5. The summed E-state index contributed by atoms with van der Waals surface area (Å²) in [6.07, 6.45) is 6.64. The molecule has 0 aromatic heterocycles. The van der Waals surface area contributed by atoms with Gasteiger partial charge in [0.1, 0.15) is 0 Å². The van der Waals surface area contributed by atoms with E-state index in [2.05, 4.69) is 67.3 Å². The molecular formula is C25H42N6. The highest BCUT2D eigenvalue weighted by Crippen LogP contribution is 2.31. The third-order valence-corrected chi connectivity index (χ3v) is 7.65. The molecule has 1 aromatic carbocycles. The fraction of sp³-hybridized carbons (Fsp3) is 0.720. The molecule has 1 N–H and O–H groups in total. The van der Waals surface area contributed by atoms with Gasteiger partial charge in [-0.05, 0) is 64.5 Å². The molecule has 1 aromatic rings. The zero-order chi connectivity index (χ0) is 21.5. The second kappa shape index (κ2) is 10.8. The van der Waals surface area contributed by atoms with Gasteiger partial charge in [0.15, 0.2) is 5.96 Å². The van der Waals surface area contributed by atoms with Crippen LogP contribution >= 0.6 is 0 Å². The van der Waals surface area contributed by atoms with Crippen molar-refractivity contribution >= 4 is 5.96 Å². The minimum absolute atomic E-state index is 0.290. The summed E-state index contributed by atoms with van der Waals surface area (Å²) in [7, 11) is 4.21. The van der Waals surface area contributed by atoms with Crippen LogP contribution in [0.3, 0.4) is 0 Å². The molecule has 6 nitrogen and oxygen atoms in total. The first-order valence-electron chi connectivity index (χ1n) is 12.3. The van der Waals surface area contributed by atoms with Gasteiger partial charge >= 0.3 is 0 Å². The van der Waals surface area contributed by atoms with Gasteiger partial charge in [0.05, 0.1) is 0 Å². The second-order valence-electron chi connectivity index (χ2n) is 9.72. The molecule has 3 aliphatic heterocycles. The quantitative estimate of drug-likeness (QED) is 0.578. The number of hydrogen-bond donors (Lipinski definition) is 1. The number of benzene rings is 1. The minimum Gasteiger partial charge on any atom is -0.354 e. The van der Waals surface area contributed by atoms with E-state index in [1.807, 2.05) is 7.05 Å². The van der Waals surface area contributed by atoms with Crippen LogP contribution in [0.15, 0.2) is 35.3 Å². The zero-order valence-electron chi connectivity index (χ0n) is 19.7. The van der Waals surface area contributed by atoms with Crippen LogP contribution in [-0.2, 0) is 6.54 Å². The van der Waals surface area contributed by atoms with E-state index in [1.165, 1.54) is 63.8 Å². The predicted molar refractivity (Wildman–Crippen MR) is 130 cm³/mol. The normalized spacial score (nSPS) is 24.3. The van der Waals surface area contributed by atoms with Gasteiger partial charge in [-0.25, -0.2) is 0 Å². The molecule has 0 unspecified atom stereocenters. The average Bonchev–Trinajstić information content (AvgIpc) is 2.83. The molecule has 0 radical (unpaired) electrons. The molecular weight excluding hydrogens is 384 g/mol. The molecule has 172 valence electrons. The highest BCUT2D eigenvalue weighted by Gasteiger charge is 2.40. The van der Waals surface area contributed by atoms with Crippen molar-refractivity contribution in [3.05, 3.63) is 35.9 Å². The van der Waals surface area contributed by atoms with Crippen LogP contribution in [0.4, 0.5) is 0 Å². The van der Waals surface area contributed by atoms with Crippen molar-refractivity contribution in [1.82, 2.24) is 24.9 Å². The number of likely N-dealkylation sites (tertiary alicyclic amines) is 2. The van der Waals surface area contributed by atoms with Crippen LogP contribution in [0.25, 0.3) is 0 Å². The highest BCUT2D eigenvalue weighted by atomic mass is 15.4. The molecule has 3 fully saturated rings. The molecule has 0 aliphatic carbocycles. The average molecular weight is 427 g/mol. The lowest BCUT2D eigenvalue weighted by molar-refractivity contribution is 0.0167. The van der Waals surface area contributed by atoms with E-state index >= 15 is 0 Å². The maximum atomic E-state index is 4.68. The topological polar surface area (TPSA) is 37.4 Å². The van der Waals surface area contributed by atoms with Crippen LogP contribution in [0.5, 0.6) is 0 Å². The zero-order valence-corrected chi connectivity index (χ0v) is 19.7. The standard InChI is InChI=1S/C25H42N6/c1-26-24(30-19-17-29(18-20-30)21-23-9-5-3-6-10-23)27-22-25(11-15-28(2)16-12-25)31-13-7-4-8-14-31/h3,5-6,9-10H,4,7-8,11-22H2,1-2H3,(H,26,27). The molecule has 0 saturated carbocycles. The Morgan fingerprint density at radius 2 is 1.58 bits per heavy atom. The van der Waals surface area contributed by atoms with Gasteiger partial charge in [0, 0.05) is 51.9 Å². The van der Waals surface area contributed by atoms with Crippen LogP contribution in [-0.4, -0.2) is 104 Å². The van der Waals surface area contributed by atoms with Gasteiger partial charge in [-0.1, -0.05) is 36.8 Å². The maximum Gasteiger partial charge on any atom is 0.193 e. The van der Waals surface area contributed by atoms with Gasteiger partial charge < -0.3 is 15.1 Å². The van der Waals surface area contributed by atoms with Crippen LogP contribution < -0.4 is 5.32 Å². The third kappa shape index (κ3) is 5.79. The van der Waals surface area contributed by atoms with E-state index < -0.39 is 0 Å². The summed E-state index contributed by atoms with van der Waals surface area (Å²) in [6, 6.07) is 10.8. The number of guanidine groups is 1. The van der Waals surface area contributed by atoms with Crippen molar-refractivity contribution in [2.24, 2.45) is 4.99 Å². The van der Waals surface area contributed by atoms with Crippen LogP contribution in [0.2, 0.25) is 0 Å². The van der Waals surface area contributed by atoms with Crippen molar-refractivity contribution < 1.29 is 0 Å². The summed E-state index contributed by atoms with van der Waals surface area (Å²) in [6.45, 7) is 11.3. The number of piperidine rings is 2. The van der Waals surface area contributed by atoms with Crippen molar-refractivity contribution in [2.45, 2.75) is 44.2 Å². The van der Waals surface area contributed by atoms with E-state index in [4.69, 9.17) is 0 Å². The Labute approximate surface area is 189 Å². The molecule has 4 rings (SSSR count). The molecule has 31 heavy (non-hydrogen) atoms. The van der Waals surface area contributed by atoms with Gasteiger partial charge in [-0.3, -0.25) is 14.8 Å². The monoisotopic (exact) mass is 426 g/mol. The Morgan fingerprint density at radius 1 is 0.903 bits per heavy atom. The summed E-state index contributed by atoms with van der Waals surface area (Å²) in [5.41, 5.74) is 1.70. The van der Waals surface area contributed by atoms with Crippen molar-refractivity contribution in [3.8, 4) is 0 Å². The highest BCUT2D eigenvalue weighted by molar-refractivity contribution is 5.80. The number of hydrogen-bond acceptors (Lipinski definition) is 4. The number of nitrogens with one attached hydrogen (secondary N) is 1. The smallest absolute Gasteiger partial charge is 0.193 e. The molecule has 3 saturated heterocycles. The first-order chi connectivity index (χ1) is 15.2. The van der Waals surface area contributed by atoms with Crippen LogP contribution in [0.1, 0.15) is 37.7 Å².